The number of ether oxygens (including phenoxy) is 2. The Morgan fingerprint density at radius 1 is 1.00 bits per heavy atom. The van der Waals surface area contributed by atoms with Gasteiger partial charge in [-0.25, -0.2) is 4.39 Å². The molecular weight excluding hydrogens is 419 g/mol. The van der Waals surface area contributed by atoms with E-state index in [9.17, 15) is 9.18 Å². The minimum atomic E-state index is -0.399. The zero-order valence-electron chi connectivity index (χ0n) is 17.7. The molecule has 0 saturated heterocycles. The first-order valence-electron chi connectivity index (χ1n) is 10.9. The van der Waals surface area contributed by atoms with Crippen LogP contribution in [0.3, 0.4) is 0 Å². The van der Waals surface area contributed by atoms with Crippen LogP contribution in [0.4, 0.5) is 4.39 Å². The summed E-state index contributed by atoms with van der Waals surface area (Å²) in [5.74, 6) is 1.10. The third-order valence-electron chi connectivity index (χ3n) is 6.29. The number of fused-ring (bicyclic) bond motifs is 4. The van der Waals surface area contributed by atoms with Gasteiger partial charge in [0.05, 0.1) is 12.1 Å². The lowest BCUT2D eigenvalue weighted by molar-refractivity contribution is -0.116. The highest BCUT2D eigenvalue weighted by Gasteiger charge is 2.33. The predicted molar refractivity (Wildman–Crippen MR) is 124 cm³/mol. The number of hydrogen-bond donors (Lipinski definition) is 2. The predicted octanol–water partition coefficient (Wildman–Crippen LogP) is 4.92. The Morgan fingerprint density at radius 2 is 1.82 bits per heavy atom. The van der Waals surface area contributed by atoms with Gasteiger partial charge in [0.1, 0.15) is 5.82 Å². The third-order valence-corrected chi connectivity index (χ3v) is 6.29. The van der Waals surface area contributed by atoms with Gasteiger partial charge in [0.15, 0.2) is 17.3 Å². The number of rotatable bonds is 4. The molecule has 164 valence electrons. The molecule has 5 nitrogen and oxygen atoms in total. The Morgan fingerprint density at radius 3 is 2.70 bits per heavy atom. The summed E-state index contributed by atoms with van der Waals surface area (Å²) >= 11 is 0. The smallest absolute Gasteiger partial charge is 0.231 e. The highest BCUT2D eigenvalue weighted by atomic mass is 19.1. The average Bonchev–Trinajstić information content (AvgIpc) is 3.47. The molecule has 0 radical (unpaired) electrons. The SMILES string of the molecule is O=C(C=Cc1ccc(F)cc1)C1Cc2c([nH]c3ccccc23)C(c2ccc3c(c2)OCO3)N1. The molecule has 1 aromatic heterocycles. The Kier molecular flexibility index (Phi) is 4.73. The first kappa shape index (κ1) is 19.8. The number of ketones is 1. The van der Waals surface area contributed by atoms with E-state index in [1.807, 2.05) is 30.3 Å². The molecule has 0 bridgehead atoms. The highest BCUT2D eigenvalue weighted by Crippen LogP contribution is 2.39. The second kappa shape index (κ2) is 7.90. The van der Waals surface area contributed by atoms with Crippen molar-refractivity contribution in [2.45, 2.75) is 18.5 Å². The largest absolute Gasteiger partial charge is 0.454 e. The summed E-state index contributed by atoms with van der Waals surface area (Å²) in [6, 6.07) is 19.5. The Bertz CT molecular complexity index is 1390. The van der Waals surface area contributed by atoms with Crippen molar-refractivity contribution in [3.05, 3.63) is 101 Å². The Labute approximate surface area is 189 Å². The van der Waals surface area contributed by atoms with Crippen molar-refractivity contribution < 1.29 is 18.7 Å². The fourth-order valence-electron chi connectivity index (χ4n) is 4.64. The number of benzene rings is 3. The molecule has 2 aliphatic heterocycles. The maximum absolute atomic E-state index is 13.2. The first-order valence-corrected chi connectivity index (χ1v) is 10.9. The summed E-state index contributed by atoms with van der Waals surface area (Å²) in [7, 11) is 0. The minimum Gasteiger partial charge on any atom is -0.454 e. The van der Waals surface area contributed by atoms with Gasteiger partial charge < -0.3 is 14.5 Å². The third kappa shape index (κ3) is 3.58. The van der Waals surface area contributed by atoms with E-state index in [4.69, 9.17) is 9.47 Å². The van der Waals surface area contributed by atoms with Crippen LogP contribution in [0.15, 0.2) is 72.8 Å². The van der Waals surface area contributed by atoms with Gasteiger partial charge in [-0.05, 0) is 59.5 Å². The number of carbonyl (C=O) groups is 1. The maximum atomic E-state index is 13.2. The second-order valence-electron chi connectivity index (χ2n) is 8.32. The molecule has 2 aliphatic rings. The zero-order chi connectivity index (χ0) is 22.4. The molecule has 0 amide bonds. The summed E-state index contributed by atoms with van der Waals surface area (Å²) in [6.45, 7) is 0.212. The number of halogens is 1. The van der Waals surface area contributed by atoms with E-state index in [0.29, 0.717) is 12.2 Å². The lowest BCUT2D eigenvalue weighted by Crippen LogP contribution is -2.44. The molecule has 6 rings (SSSR count). The molecular formula is C27H21FN2O3. The van der Waals surface area contributed by atoms with E-state index in [1.165, 1.54) is 12.1 Å². The van der Waals surface area contributed by atoms with Gasteiger partial charge in [0, 0.05) is 16.6 Å². The molecule has 0 spiro atoms. The average molecular weight is 440 g/mol. The normalized spacial score (nSPS) is 19.2. The van der Waals surface area contributed by atoms with Gasteiger partial charge in [-0.15, -0.1) is 0 Å². The van der Waals surface area contributed by atoms with Gasteiger partial charge in [-0.3, -0.25) is 10.1 Å². The molecule has 0 fully saturated rings. The van der Waals surface area contributed by atoms with Gasteiger partial charge in [-0.2, -0.15) is 0 Å². The van der Waals surface area contributed by atoms with Crippen molar-refractivity contribution >= 4 is 22.8 Å². The lowest BCUT2D eigenvalue weighted by Gasteiger charge is -2.30. The second-order valence-corrected chi connectivity index (χ2v) is 8.32. The van der Waals surface area contributed by atoms with Crippen molar-refractivity contribution in [1.82, 2.24) is 10.3 Å². The van der Waals surface area contributed by atoms with Crippen LogP contribution in [-0.2, 0) is 11.2 Å². The maximum Gasteiger partial charge on any atom is 0.231 e. The van der Waals surface area contributed by atoms with Gasteiger partial charge in [0.2, 0.25) is 6.79 Å². The summed E-state index contributed by atoms with van der Waals surface area (Å²) in [6.07, 6.45) is 3.87. The van der Waals surface area contributed by atoms with Crippen LogP contribution >= 0.6 is 0 Å². The summed E-state index contributed by atoms with van der Waals surface area (Å²) in [5.41, 5.74) is 5.01. The molecule has 3 aromatic carbocycles. The molecule has 33 heavy (non-hydrogen) atoms. The van der Waals surface area contributed by atoms with E-state index in [2.05, 4.69) is 22.4 Å². The summed E-state index contributed by atoms with van der Waals surface area (Å²) in [5, 5.41) is 4.66. The number of aromatic nitrogens is 1. The van der Waals surface area contributed by atoms with Gasteiger partial charge >= 0.3 is 0 Å². The van der Waals surface area contributed by atoms with Gasteiger partial charge in [-0.1, -0.05) is 42.5 Å². The van der Waals surface area contributed by atoms with E-state index in [-0.39, 0.29) is 24.4 Å². The van der Waals surface area contributed by atoms with Crippen LogP contribution in [0.5, 0.6) is 11.5 Å². The highest BCUT2D eigenvalue weighted by molar-refractivity contribution is 5.99. The fourth-order valence-corrected chi connectivity index (χ4v) is 4.64. The molecule has 0 aliphatic carbocycles. The number of hydrogen-bond acceptors (Lipinski definition) is 4. The van der Waals surface area contributed by atoms with Crippen molar-refractivity contribution in [3.8, 4) is 11.5 Å². The molecule has 2 N–H and O–H groups in total. The fraction of sp³-hybridized carbons (Fsp3) is 0.148. The number of H-pyrrole nitrogens is 1. The van der Waals surface area contributed by atoms with Gasteiger partial charge in [0.25, 0.3) is 0 Å². The molecule has 3 heterocycles. The quantitative estimate of drug-likeness (QED) is 0.442. The Hall–Kier alpha value is -3.90. The van der Waals surface area contributed by atoms with Crippen LogP contribution in [0.25, 0.3) is 17.0 Å². The monoisotopic (exact) mass is 440 g/mol. The molecule has 2 atom stereocenters. The van der Waals surface area contributed by atoms with Crippen molar-refractivity contribution in [1.29, 1.82) is 0 Å². The van der Waals surface area contributed by atoms with E-state index < -0.39 is 6.04 Å². The van der Waals surface area contributed by atoms with Crippen molar-refractivity contribution in [3.63, 3.8) is 0 Å². The number of aromatic amines is 1. The van der Waals surface area contributed by atoms with Crippen LogP contribution in [0.1, 0.15) is 28.4 Å². The first-order chi connectivity index (χ1) is 16.2. The summed E-state index contributed by atoms with van der Waals surface area (Å²) < 4.78 is 24.2. The van der Waals surface area contributed by atoms with Crippen LogP contribution < -0.4 is 14.8 Å². The topological polar surface area (TPSA) is 63.4 Å². The van der Waals surface area contributed by atoms with Crippen LogP contribution in [0, 0.1) is 5.82 Å². The molecule has 4 aromatic rings. The number of nitrogens with one attached hydrogen (secondary N) is 2. The van der Waals surface area contributed by atoms with E-state index in [1.54, 1.807) is 24.3 Å². The van der Waals surface area contributed by atoms with E-state index in [0.717, 1.165) is 39.0 Å². The van der Waals surface area contributed by atoms with Crippen LogP contribution in [0.2, 0.25) is 0 Å². The molecule has 0 saturated carbocycles. The number of carbonyl (C=O) groups excluding carboxylic acids is 1. The minimum absolute atomic E-state index is 0.0269. The van der Waals surface area contributed by atoms with Crippen LogP contribution in [-0.4, -0.2) is 23.6 Å². The van der Waals surface area contributed by atoms with Crippen molar-refractivity contribution in [2.75, 3.05) is 6.79 Å². The standard InChI is InChI=1S/C27H21FN2O3/c28-18-9-5-16(6-10-18)7-11-23(31)22-14-20-19-3-1-2-4-21(19)29-27(20)26(30-22)17-8-12-24-25(13-17)33-15-32-24/h1-13,22,26,29-30H,14-15H2. The zero-order valence-corrected chi connectivity index (χ0v) is 17.7. The van der Waals surface area contributed by atoms with Crippen molar-refractivity contribution in [2.24, 2.45) is 0 Å². The molecule has 2 unspecified atom stereocenters. The van der Waals surface area contributed by atoms with E-state index >= 15 is 0 Å². The Balaban J connectivity index is 1.37. The lowest BCUT2D eigenvalue weighted by atomic mass is 9.88. The molecule has 6 heteroatoms. The summed E-state index contributed by atoms with van der Waals surface area (Å²) in [4.78, 5) is 16.7. The number of para-hydroxylation sites is 1.